The fourth-order valence-corrected chi connectivity index (χ4v) is 2.96. The first-order valence-electron chi connectivity index (χ1n) is 6.62. The highest BCUT2D eigenvalue weighted by atomic mass is 32.1. The van der Waals surface area contributed by atoms with Crippen LogP contribution in [0.5, 0.6) is 0 Å². The SMILES string of the molecule is CC(C)(O)CNCc1ccc(-c2ccccc2[N+](=O)[O-])s1. The smallest absolute Gasteiger partial charge is 0.278 e. The molecule has 6 heteroatoms. The molecular weight excluding hydrogens is 288 g/mol. The summed E-state index contributed by atoms with van der Waals surface area (Å²) < 4.78 is 0. The van der Waals surface area contributed by atoms with E-state index >= 15 is 0 Å². The molecule has 0 spiro atoms. The molecule has 1 aromatic heterocycles. The van der Waals surface area contributed by atoms with Gasteiger partial charge in [-0.15, -0.1) is 11.3 Å². The molecule has 0 aliphatic heterocycles. The van der Waals surface area contributed by atoms with Gasteiger partial charge in [0.25, 0.3) is 5.69 Å². The summed E-state index contributed by atoms with van der Waals surface area (Å²) in [5, 5.41) is 23.9. The number of nitrogens with zero attached hydrogens (tertiary/aromatic N) is 1. The molecule has 21 heavy (non-hydrogen) atoms. The first kappa shape index (κ1) is 15.6. The van der Waals surface area contributed by atoms with Gasteiger partial charge in [0.15, 0.2) is 0 Å². The summed E-state index contributed by atoms with van der Waals surface area (Å²) >= 11 is 1.52. The average molecular weight is 306 g/mol. The summed E-state index contributed by atoms with van der Waals surface area (Å²) in [7, 11) is 0. The molecule has 0 aliphatic rings. The number of nitro benzene ring substituents is 1. The molecule has 0 saturated heterocycles. The second-order valence-corrected chi connectivity index (χ2v) is 6.62. The third-order valence-electron chi connectivity index (χ3n) is 2.88. The van der Waals surface area contributed by atoms with E-state index in [-0.39, 0.29) is 10.6 Å². The van der Waals surface area contributed by atoms with E-state index in [9.17, 15) is 15.2 Å². The Kier molecular flexibility index (Phi) is 4.72. The topological polar surface area (TPSA) is 75.4 Å². The van der Waals surface area contributed by atoms with Crippen molar-refractivity contribution in [1.82, 2.24) is 5.32 Å². The normalized spacial score (nSPS) is 11.6. The van der Waals surface area contributed by atoms with Crippen LogP contribution >= 0.6 is 11.3 Å². The highest BCUT2D eigenvalue weighted by Crippen LogP contribution is 2.34. The lowest BCUT2D eigenvalue weighted by Crippen LogP contribution is -2.34. The van der Waals surface area contributed by atoms with Crippen LogP contribution in [0.25, 0.3) is 10.4 Å². The molecule has 2 rings (SSSR count). The fraction of sp³-hybridized carbons (Fsp3) is 0.333. The van der Waals surface area contributed by atoms with E-state index in [0.29, 0.717) is 18.7 Å². The summed E-state index contributed by atoms with van der Waals surface area (Å²) in [6.07, 6.45) is 0. The number of benzene rings is 1. The lowest BCUT2D eigenvalue weighted by atomic mass is 10.1. The molecule has 0 amide bonds. The first-order valence-corrected chi connectivity index (χ1v) is 7.44. The molecular formula is C15H18N2O3S. The maximum absolute atomic E-state index is 11.1. The van der Waals surface area contributed by atoms with Crippen LogP contribution in [-0.4, -0.2) is 22.2 Å². The second-order valence-electron chi connectivity index (χ2n) is 5.46. The summed E-state index contributed by atoms with van der Waals surface area (Å²) in [6.45, 7) is 4.61. The van der Waals surface area contributed by atoms with Crippen molar-refractivity contribution in [3.63, 3.8) is 0 Å². The lowest BCUT2D eigenvalue weighted by Gasteiger charge is -2.17. The van der Waals surface area contributed by atoms with Gasteiger partial charge in [-0.3, -0.25) is 10.1 Å². The van der Waals surface area contributed by atoms with Crippen LogP contribution < -0.4 is 5.32 Å². The van der Waals surface area contributed by atoms with Crippen LogP contribution in [0.2, 0.25) is 0 Å². The van der Waals surface area contributed by atoms with Crippen molar-refractivity contribution >= 4 is 17.0 Å². The van der Waals surface area contributed by atoms with Crippen LogP contribution in [-0.2, 0) is 6.54 Å². The van der Waals surface area contributed by atoms with Gasteiger partial charge in [0, 0.05) is 28.9 Å². The number of nitrogens with one attached hydrogen (secondary N) is 1. The molecule has 0 atom stereocenters. The molecule has 0 bridgehead atoms. The van der Waals surface area contributed by atoms with E-state index in [1.54, 1.807) is 32.0 Å². The first-order chi connectivity index (χ1) is 9.87. The largest absolute Gasteiger partial charge is 0.389 e. The van der Waals surface area contributed by atoms with Crippen LogP contribution in [0.15, 0.2) is 36.4 Å². The zero-order valence-corrected chi connectivity index (χ0v) is 12.8. The number of hydrogen-bond donors (Lipinski definition) is 2. The number of para-hydroxylation sites is 1. The van der Waals surface area contributed by atoms with Crippen LogP contribution in [0.3, 0.4) is 0 Å². The van der Waals surface area contributed by atoms with E-state index in [0.717, 1.165) is 9.75 Å². The van der Waals surface area contributed by atoms with E-state index in [4.69, 9.17) is 0 Å². The Balaban J connectivity index is 2.12. The molecule has 2 N–H and O–H groups in total. The third kappa shape index (κ3) is 4.35. The Morgan fingerprint density at radius 3 is 2.67 bits per heavy atom. The van der Waals surface area contributed by atoms with Crippen molar-refractivity contribution in [1.29, 1.82) is 0 Å². The van der Waals surface area contributed by atoms with Crippen molar-refractivity contribution in [3.8, 4) is 10.4 Å². The maximum atomic E-state index is 11.1. The molecule has 2 aromatic rings. The second kappa shape index (κ2) is 6.34. The van der Waals surface area contributed by atoms with Gasteiger partial charge in [0.05, 0.1) is 16.1 Å². The van der Waals surface area contributed by atoms with Crippen molar-refractivity contribution in [3.05, 3.63) is 51.4 Å². The molecule has 0 saturated carbocycles. The van der Waals surface area contributed by atoms with Gasteiger partial charge >= 0.3 is 0 Å². The Labute approximate surface area is 127 Å². The zero-order valence-electron chi connectivity index (χ0n) is 12.0. The van der Waals surface area contributed by atoms with Crippen molar-refractivity contribution in [2.45, 2.75) is 26.0 Å². The fourth-order valence-electron chi connectivity index (χ4n) is 1.95. The molecule has 1 aromatic carbocycles. The quantitative estimate of drug-likeness (QED) is 0.635. The van der Waals surface area contributed by atoms with Gasteiger partial charge in [-0.2, -0.15) is 0 Å². The summed E-state index contributed by atoms with van der Waals surface area (Å²) in [5.41, 5.74) is 0.00905. The van der Waals surface area contributed by atoms with Gasteiger partial charge in [0.1, 0.15) is 0 Å². The Bertz CT molecular complexity index is 632. The molecule has 0 fully saturated rings. The van der Waals surface area contributed by atoms with Gasteiger partial charge in [0.2, 0.25) is 0 Å². The predicted octanol–water partition coefficient (Wildman–Crippen LogP) is 3.18. The highest BCUT2D eigenvalue weighted by Gasteiger charge is 2.16. The van der Waals surface area contributed by atoms with Gasteiger partial charge < -0.3 is 10.4 Å². The van der Waals surface area contributed by atoms with E-state index in [1.165, 1.54) is 17.4 Å². The highest BCUT2D eigenvalue weighted by molar-refractivity contribution is 7.15. The molecule has 0 aliphatic carbocycles. The summed E-state index contributed by atoms with van der Waals surface area (Å²) in [5.74, 6) is 0. The average Bonchev–Trinajstić information content (AvgIpc) is 2.86. The molecule has 1 heterocycles. The summed E-state index contributed by atoms with van der Waals surface area (Å²) in [6, 6.07) is 10.6. The Hall–Kier alpha value is -1.76. The number of rotatable bonds is 6. The minimum absolute atomic E-state index is 0.121. The number of thiophene rings is 1. The number of hydrogen-bond acceptors (Lipinski definition) is 5. The van der Waals surface area contributed by atoms with Crippen molar-refractivity contribution < 1.29 is 10.0 Å². The van der Waals surface area contributed by atoms with E-state index in [2.05, 4.69) is 5.32 Å². The van der Waals surface area contributed by atoms with Crippen LogP contribution in [0.4, 0.5) is 5.69 Å². The number of nitro groups is 1. The summed E-state index contributed by atoms with van der Waals surface area (Å²) in [4.78, 5) is 12.6. The Morgan fingerprint density at radius 2 is 2.00 bits per heavy atom. The standard InChI is InChI=1S/C15H18N2O3S/c1-15(2,18)10-16-9-11-7-8-14(21-11)12-5-3-4-6-13(12)17(19)20/h3-8,16,18H,9-10H2,1-2H3. The van der Waals surface area contributed by atoms with Gasteiger partial charge in [-0.25, -0.2) is 0 Å². The third-order valence-corrected chi connectivity index (χ3v) is 4.00. The van der Waals surface area contributed by atoms with E-state index in [1.807, 2.05) is 12.1 Å². The van der Waals surface area contributed by atoms with E-state index < -0.39 is 5.60 Å². The van der Waals surface area contributed by atoms with Gasteiger partial charge in [-0.05, 0) is 32.0 Å². The Morgan fingerprint density at radius 1 is 1.29 bits per heavy atom. The number of aliphatic hydroxyl groups is 1. The van der Waals surface area contributed by atoms with Crippen LogP contribution in [0, 0.1) is 10.1 Å². The van der Waals surface area contributed by atoms with Gasteiger partial charge in [-0.1, -0.05) is 12.1 Å². The minimum Gasteiger partial charge on any atom is -0.389 e. The predicted molar refractivity (Wildman–Crippen MR) is 84.4 cm³/mol. The van der Waals surface area contributed by atoms with Crippen LogP contribution in [0.1, 0.15) is 18.7 Å². The molecule has 0 radical (unpaired) electrons. The monoisotopic (exact) mass is 306 g/mol. The minimum atomic E-state index is -0.752. The van der Waals surface area contributed by atoms with Crippen molar-refractivity contribution in [2.75, 3.05) is 6.54 Å². The molecule has 5 nitrogen and oxygen atoms in total. The molecule has 112 valence electrons. The molecule has 0 unspecified atom stereocenters. The zero-order chi connectivity index (χ0) is 15.5. The van der Waals surface area contributed by atoms with Crippen molar-refractivity contribution in [2.24, 2.45) is 0 Å². The maximum Gasteiger partial charge on any atom is 0.278 e. The lowest BCUT2D eigenvalue weighted by molar-refractivity contribution is -0.384.